The van der Waals surface area contributed by atoms with Gasteiger partial charge in [-0.3, -0.25) is 9.78 Å². The molecular formula is C21H25ClN6O. The molecule has 2 aromatic heterocycles. The van der Waals surface area contributed by atoms with Gasteiger partial charge in [0, 0.05) is 26.1 Å². The molecule has 0 radical (unpaired) electrons. The molecule has 7 nitrogen and oxygen atoms in total. The van der Waals surface area contributed by atoms with E-state index in [1.54, 1.807) is 23.5 Å². The number of nitrogens with zero attached hydrogens (tertiary/aromatic N) is 5. The van der Waals surface area contributed by atoms with Crippen molar-refractivity contribution in [3.05, 3.63) is 29.7 Å². The first-order chi connectivity index (χ1) is 14.2. The predicted octanol–water partition coefficient (Wildman–Crippen LogP) is 4.02. The van der Waals surface area contributed by atoms with Gasteiger partial charge in [0.05, 0.1) is 30.0 Å². The van der Waals surface area contributed by atoms with E-state index in [1.165, 1.54) is 25.7 Å². The fourth-order valence-electron chi connectivity index (χ4n) is 4.49. The Kier molecular flexibility index (Phi) is 4.99. The highest BCUT2D eigenvalue weighted by Gasteiger charge is 2.35. The van der Waals surface area contributed by atoms with E-state index >= 15 is 0 Å². The molecule has 1 atom stereocenters. The Morgan fingerprint density at radius 1 is 1.07 bits per heavy atom. The zero-order chi connectivity index (χ0) is 19.8. The maximum Gasteiger partial charge on any atom is 0.229 e. The van der Waals surface area contributed by atoms with Crippen LogP contribution in [0.15, 0.2) is 24.7 Å². The number of nitrogens with one attached hydrogen (secondary N) is 1. The summed E-state index contributed by atoms with van der Waals surface area (Å²) in [5.41, 5.74) is 1.56. The summed E-state index contributed by atoms with van der Waals surface area (Å²) in [6.45, 7) is 2.74. The van der Waals surface area contributed by atoms with Crippen molar-refractivity contribution in [3.63, 3.8) is 0 Å². The van der Waals surface area contributed by atoms with Gasteiger partial charge in [-0.05, 0) is 50.0 Å². The molecule has 1 aliphatic carbocycles. The van der Waals surface area contributed by atoms with Gasteiger partial charge < -0.3 is 15.1 Å². The Hall–Kier alpha value is -2.41. The number of piperidine rings is 1. The summed E-state index contributed by atoms with van der Waals surface area (Å²) in [6.07, 6.45) is 11.8. The number of anilines is 4. The topological polar surface area (TPSA) is 74.2 Å². The number of halogens is 1. The third-order valence-electron chi connectivity index (χ3n) is 6.14. The van der Waals surface area contributed by atoms with E-state index in [1.807, 2.05) is 6.07 Å². The monoisotopic (exact) mass is 412 g/mol. The quantitative estimate of drug-likeness (QED) is 0.799. The molecular weight excluding hydrogens is 388 g/mol. The average molecular weight is 413 g/mol. The van der Waals surface area contributed by atoms with E-state index in [9.17, 15) is 4.79 Å². The minimum Gasteiger partial charge on any atom is -0.355 e. The first-order valence-corrected chi connectivity index (χ1v) is 10.8. The fraction of sp³-hybridized carbons (Fsp3) is 0.524. The molecule has 5 rings (SSSR count). The zero-order valence-electron chi connectivity index (χ0n) is 16.4. The lowest BCUT2D eigenvalue weighted by molar-refractivity contribution is -0.117. The lowest BCUT2D eigenvalue weighted by Crippen LogP contribution is -2.37. The van der Waals surface area contributed by atoms with Crippen molar-refractivity contribution in [3.8, 4) is 0 Å². The SMILES string of the molecule is O=C1CCCN1c1cncc(Nc2ncc(Cl)c(N3CCCC(C4CC4)C3)n2)c1. The number of carbonyl (C=O) groups is 1. The Labute approximate surface area is 175 Å². The van der Waals surface area contributed by atoms with Crippen LogP contribution in [0.4, 0.5) is 23.1 Å². The summed E-state index contributed by atoms with van der Waals surface area (Å²) in [6, 6.07) is 1.91. The van der Waals surface area contributed by atoms with Crippen LogP contribution < -0.4 is 15.1 Å². The minimum absolute atomic E-state index is 0.143. The highest BCUT2D eigenvalue weighted by molar-refractivity contribution is 6.32. The Morgan fingerprint density at radius 3 is 2.76 bits per heavy atom. The number of rotatable bonds is 5. The fourth-order valence-corrected chi connectivity index (χ4v) is 4.70. The van der Waals surface area contributed by atoms with E-state index in [2.05, 4.69) is 20.2 Å². The van der Waals surface area contributed by atoms with Crippen LogP contribution in [0.25, 0.3) is 0 Å². The van der Waals surface area contributed by atoms with Crippen LogP contribution >= 0.6 is 11.6 Å². The van der Waals surface area contributed by atoms with Crippen molar-refractivity contribution in [2.24, 2.45) is 11.8 Å². The van der Waals surface area contributed by atoms with Crippen molar-refractivity contribution in [1.82, 2.24) is 15.0 Å². The maximum absolute atomic E-state index is 12.0. The maximum atomic E-state index is 12.0. The van der Waals surface area contributed by atoms with Crippen molar-refractivity contribution in [1.29, 1.82) is 0 Å². The first-order valence-electron chi connectivity index (χ1n) is 10.5. The minimum atomic E-state index is 0.143. The van der Waals surface area contributed by atoms with Gasteiger partial charge >= 0.3 is 0 Å². The Bertz CT molecular complexity index is 918. The summed E-state index contributed by atoms with van der Waals surface area (Å²) in [5, 5.41) is 3.81. The number of carbonyl (C=O) groups excluding carboxylic acids is 1. The van der Waals surface area contributed by atoms with Crippen LogP contribution in [0.3, 0.4) is 0 Å². The molecule has 2 aromatic rings. The number of amides is 1. The standard InChI is InChI=1S/C21H25ClN6O/c22-18-12-24-21(26-20(18)27-7-1-3-15(13-27)14-5-6-14)25-16-9-17(11-23-10-16)28-8-2-4-19(28)29/h9-12,14-15H,1-8,13H2,(H,24,25,26). The molecule has 29 heavy (non-hydrogen) atoms. The van der Waals surface area contributed by atoms with Crippen LogP contribution in [0, 0.1) is 11.8 Å². The predicted molar refractivity (Wildman–Crippen MR) is 114 cm³/mol. The first kappa shape index (κ1) is 18.6. The zero-order valence-corrected chi connectivity index (χ0v) is 17.1. The molecule has 0 spiro atoms. The Balaban J connectivity index is 1.34. The molecule has 3 aliphatic rings. The molecule has 3 fully saturated rings. The molecule has 1 N–H and O–H groups in total. The van der Waals surface area contributed by atoms with Gasteiger partial charge in [-0.1, -0.05) is 11.6 Å². The number of aromatic nitrogens is 3. The Morgan fingerprint density at radius 2 is 1.97 bits per heavy atom. The second-order valence-corrected chi connectivity index (χ2v) is 8.66. The second kappa shape index (κ2) is 7.78. The molecule has 152 valence electrons. The summed E-state index contributed by atoms with van der Waals surface area (Å²) >= 11 is 6.45. The van der Waals surface area contributed by atoms with Gasteiger partial charge in [0.2, 0.25) is 11.9 Å². The highest BCUT2D eigenvalue weighted by Crippen LogP contribution is 2.42. The smallest absolute Gasteiger partial charge is 0.229 e. The van der Waals surface area contributed by atoms with E-state index in [4.69, 9.17) is 16.6 Å². The van der Waals surface area contributed by atoms with E-state index in [0.29, 0.717) is 17.4 Å². The van der Waals surface area contributed by atoms with Crippen LogP contribution in [-0.2, 0) is 4.79 Å². The van der Waals surface area contributed by atoms with Crippen LogP contribution in [0.1, 0.15) is 38.5 Å². The van der Waals surface area contributed by atoms with E-state index in [-0.39, 0.29) is 5.91 Å². The van der Waals surface area contributed by atoms with Crippen molar-refractivity contribution >= 4 is 40.6 Å². The van der Waals surface area contributed by atoms with Gasteiger partial charge in [0.25, 0.3) is 0 Å². The summed E-state index contributed by atoms with van der Waals surface area (Å²) in [5.74, 6) is 3.07. The molecule has 4 heterocycles. The summed E-state index contributed by atoms with van der Waals surface area (Å²) in [4.78, 5) is 29.4. The average Bonchev–Trinajstić information content (AvgIpc) is 3.51. The number of hydrogen-bond acceptors (Lipinski definition) is 6. The van der Waals surface area contributed by atoms with Gasteiger partial charge in [-0.15, -0.1) is 0 Å². The summed E-state index contributed by atoms with van der Waals surface area (Å²) in [7, 11) is 0. The van der Waals surface area contributed by atoms with Gasteiger partial charge in [0.15, 0.2) is 5.82 Å². The lowest BCUT2D eigenvalue weighted by atomic mass is 9.93. The lowest BCUT2D eigenvalue weighted by Gasteiger charge is -2.34. The third-order valence-corrected chi connectivity index (χ3v) is 6.40. The van der Waals surface area contributed by atoms with Crippen molar-refractivity contribution in [2.75, 3.05) is 34.8 Å². The largest absolute Gasteiger partial charge is 0.355 e. The van der Waals surface area contributed by atoms with Crippen molar-refractivity contribution in [2.45, 2.75) is 38.5 Å². The third kappa shape index (κ3) is 4.01. The molecule has 1 amide bonds. The molecule has 2 saturated heterocycles. The normalized spacial score (nSPS) is 22.2. The van der Waals surface area contributed by atoms with E-state index < -0.39 is 0 Å². The molecule has 2 aliphatic heterocycles. The molecule has 1 unspecified atom stereocenters. The van der Waals surface area contributed by atoms with Crippen LogP contribution in [0.2, 0.25) is 5.02 Å². The van der Waals surface area contributed by atoms with Crippen molar-refractivity contribution < 1.29 is 4.79 Å². The van der Waals surface area contributed by atoms with E-state index in [0.717, 1.165) is 55.1 Å². The van der Waals surface area contributed by atoms with Gasteiger partial charge in [0.1, 0.15) is 5.02 Å². The second-order valence-electron chi connectivity index (χ2n) is 8.26. The van der Waals surface area contributed by atoms with Crippen LogP contribution in [0.5, 0.6) is 0 Å². The van der Waals surface area contributed by atoms with Crippen LogP contribution in [-0.4, -0.2) is 40.5 Å². The molecule has 0 aromatic carbocycles. The van der Waals surface area contributed by atoms with Gasteiger partial charge in [-0.2, -0.15) is 4.98 Å². The summed E-state index contributed by atoms with van der Waals surface area (Å²) < 4.78 is 0. The highest BCUT2D eigenvalue weighted by atomic mass is 35.5. The number of pyridine rings is 1. The molecule has 0 bridgehead atoms. The molecule has 1 saturated carbocycles. The molecule has 8 heteroatoms. The number of hydrogen-bond donors (Lipinski definition) is 1. The van der Waals surface area contributed by atoms with Gasteiger partial charge in [-0.25, -0.2) is 4.98 Å².